The maximum absolute atomic E-state index is 13.0. The van der Waals surface area contributed by atoms with Gasteiger partial charge >= 0.3 is 5.97 Å². The Bertz CT molecular complexity index is 1060. The third kappa shape index (κ3) is 7.24. The molecule has 0 spiro atoms. The minimum Gasteiger partial charge on any atom is -0.467 e. The molecule has 0 bridgehead atoms. The average molecular weight is 503 g/mol. The van der Waals surface area contributed by atoms with Crippen molar-refractivity contribution in [3.63, 3.8) is 0 Å². The van der Waals surface area contributed by atoms with E-state index < -0.39 is 12.0 Å². The van der Waals surface area contributed by atoms with Gasteiger partial charge < -0.3 is 10.1 Å². The van der Waals surface area contributed by atoms with Crippen LogP contribution in [0.3, 0.4) is 0 Å². The Balaban J connectivity index is 1.60. The largest absolute Gasteiger partial charge is 0.467 e. The van der Waals surface area contributed by atoms with Crippen LogP contribution in [-0.2, 0) is 32.0 Å². The van der Waals surface area contributed by atoms with Crippen LogP contribution in [0, 0.1) is 12.8 Å². The van der Waals surface area contributed by atoms with E-state index in [4.69, 9.17) is 4.74 Å². The first-order valence-electron chi connectivity index (χ1n) is 11.3. The molecule has 2 aromatic rings. The van der Waals surface area contributed by atoms with Crippen LogP contribution in [0.15, 0.2) is 28.6 Å². The van der Waals surface area contributed by atoms with Crippen molar-refractivity contribution >= 4 is 46.5 Å². The molecule has 1 aromatic heterocycles. The summed E-state index contributed by atoms with van der Waals surface area (Å²) in [4.78, 5) is 53.4. The van der Waals surface area contributed by atoms with Gasteiger partial charge in [0.05, 0.1) is 23.9 Å². The maximum Gasteiger partial charge on any atom is 0.329 e. The zero-order valence-electron chi connectivity index (χ0n) is 19.7. The SMILES string of the molecule is COC(=O)[C@@H](CSc1cnc(CC(=O)Cc2ccc(C)cc2C(=O)C2CCCC2)s1)NC(C)=O. The standard InChI is InChI=1S/C25H30N2O5S2/c1-15-8-9-18(20(10-15)24(30)17-6-4-5-7-17)11-19(29)12-22-26-13-23(34-22)33-14-21(25(31)32-3)27-16(2)28/h8-10,13,17,21H,4-7,11-12,14H2,1-3H3,(H,27,28)/t21-/m1/s1. The van der Waals surface area contributed by atoms with Crippen LogP contribution in [0.25, 0.3) is 0 Å². The summed E-state index contributed by atoms with van der Waals surface area (Å²) >= 11 is 2.76. The molecule has 0 saturated heterocycles. The minimum atomic E-state index is -0.753. The Labute approximate surface area is 208 Å². The Morgan fingerprint density at radius 2 is 1.94 bits per heavy atom. The zero-order chi connectivity index (χ0) is 24.7. The van der Waals surface area contributed by atoms with Crippen LogP contribution in [-0.4, -0.2) is 47.3 Å². The summed E-state index contributed by atoms with van der Waals surface area (Å²) in [7, 11) is 1.28. The number of thiazole rings is 1. The number of aromatic nitrogens is 1. The maximum atomic E-state index is 13.0. The van der Waals surface area contributed by atoms with Gasteiger partial charge in [-0.3, -0.25) is 14.4 Å². The van der Waals surface area contributed by atoms with Gasteiger partial charge in [-0.25, -0.2) is 9.78 Å². The molecule has 1 atom stereocenters. The number of ether oxygens (including phenoxy) is 1. The van der Waals surface area contributed by atoms with E-state index in [0.29, 0.717) is 16.3 Å². The molecular weight excluding hydrogens is 472 g/mol. The Morgan fingerprint density at radius 3 is 2.62 bits per heavy atom. The number of aryl methyl sites for hydroxylation is 1. The van der Waals surface area contributed by atoms with Gasteiger partial charge in [0, 0.05) is 30.6 Å². The molecule has 1 amide bonds. The number of hydrogen-bond acceptors (Lipinski definition) is 8. The van der Waals surface area contributed by atoms with Gasteiger partial charge in [0.15, 0.2) is 5.78 Å². The smallest absolute Gasteiger partial charge is 0.329 e. The van der Waals surface area contributed by atoms with E-state index in [9.17, 15) is 19.2 Å². The van der Waals surface area contributed by atoms with E-state index in [0.717, 1.165) is 41.0 Å². The molecule has 7 nitrogen and oxygen atoms in total. The molecule has 0 aliphatic heterocycles. The van der Waals surface area contributed by atoms with E-state index in [-0.39, 0.29) is 36.2 Å². The molecule has 1 aliphatic rings. The lowest BCUT2D eigenvalue weighted by Gasteiger charge is -2.14. The van der Waals surface area contributed by atoms with Crippen LogP contribution in [0.5, 0.6) is 0 Å². The third-order valence-electron chi connectivity index (χ3n) is 5.78. The monoisotopic (exact) mass is 502 g/mol. The van der Waals surface area contributed by atoms with E-state index in [1.54, 1.807) is 6.20 Å². The highest BCUT2D eigenvalue weighted by Crippen LogP contribution is 2.30. The predicted octanol–water partition coefficient (Wildman–Crippen LogP) is 3.95. The van der Waals surface area contributed by atoms with E-state index in [2.05, 4.69) is 10.3 Å². The van der Waals surface area contributed by atoms with Crippen LogP contribution in [0.4, 0.5) is 0 Å². The van der Waals surface area contributed by atoms with Gasteiger partial charge in [-0.05, 0) is 31.4 Å². The fraction of sp³-hybridized carbons (Fsp3) is 0.480. The van der Waals surface area contributed by atoms with Crippen molar-refractivity contribution in [1.82, 2.24) is 10.3 Å². The quantitative estimate of drug-likeness (QED) is 0.282. The second-order valence-corrected chi connectivity index (χ2v) is 11.0. The normalized spacial score (nSPS) is 14.6. The molecule has 0 unspecified atom stereocenters. The number of esters is 1. The highest BCUT2D eigenvalue weighted by atomic mass is 32.2. The van der Waals surface area contributed by atoms with Gasteiger partial charge in [0.1, 0.15) is 16.8 Å². The summed E-state index contributed by atoms with van der Waals surface area (Å²) in [5.74, 6) is -0.285. The highest BCUT2D eigenvalue weighted by molar-refractivity contribution is 8.01. The summed E-state index contributed by atoms with van der Waals surface area (Å²) in [6.07, 6.45) is 6.08. The van der Waals surface area contributed by atoms with Gasteiger partial charge in [-0.15, -0.1) is 23.1 Å². The molecule has 1 fully saturated rings. The summed E-state index contributed by atoms with van der Waals surface area (Å²) in [6, 6.07) is 5.00. The highest BCUT2D eigenvalue weighted by Gasteiger charge is 2.26. The number of nitrogens with zero attached hydrogens (tertiary/aromatic N) is 1. The van der Waals surface area contributed by atoms with Gasteiger partial charge in [0.25, 0.3) is 0 Å². The molecule has 1 aliphatic carbocycles. The van der Waals surface area contributed by atoms with Crippen molar-refractivity contribution < 1.29 is 23.9 Å². The average Bonchev–Trinajstić information content (AvgIpc) is 3.49. The molecule has 34 heavy (non-hydrogen) atoms. The third-order valence-corrected chi connectivity index (χ3v) is 8.07. The summed E-state index contributed by atoms with van der Waals surface area (Å²) in [5.41, 5.74) is 2.49. The molecule has 9 heteroatoms. The van der Waals surface area contributed by atoms with Crippen molar-refractivity contribution in [3.05, 3.63) is 46.1 Å². The van der Waals surface area contributed by atoms with Crippen molar-refractivity contribution in [2.45, 2.75) is 62.6 Å². The molecule has 1 saturated carbocycles. The van der Waals surface area contributed by atoms with Crippen molar-refractivity contribution in [2.75, 3.05) is 12.9 Å². The number of thioether (sulfide) groups is 1. The fourth-order valence-corrected chi connectivity index (χ4v) is 6.17. The molecule has 1 heterocycles. The number of hydrogen-bond donors (Lipinski definition) is 1. The lowest BCUT2D eigenvalue weighted by Crippen LogP contribution is -2.42. The summed E-state index contributed by atoms with van der Waals surface area (Å²) in [5, 5.41) is 3.25. The topological polar surface area (TPSA) is 102 Å². The van der Waals surface area contributed by atoms with Gasteiger partial charge in [-0.2, -0.15) is 0 Å². The summed E-state index contributed by atoms with van der Waals surface area (Å²) < 4.78 is 5.58. The van der Waals surface area contributed by atoms with Crippen molar-refractivity contribution in [3.8, 4) is 0 Å². The number of benzene rings is 1. The summed E-state index contributed by atoms with van der Waals surface area (Å²) in [6.45, 7) is 3.31. The second-order valence-electron chi connectivity index (χ2n) is 8.56. The molecule has 3 rings (SSSR count). The molecule has 1 N–H and O–H groups in total. The number of carbonyl (C=O) groups excluding carboxylic acids is 4. The minimum absolute atomic E-state index is 0.000841. The van der Waals surface area contributed by atoms with Gasteiger partial charge in [-0.1, -0.05) is 30.5 Å². The molecule has 1 aromatic carbocycles. The number of Topliss-reactive ketones (excluding diaryl/α,β-unsaturated/α-hetero) is 2. The van der Waals surface area contributed by atoms with Crippen molar-refractivity contribution in [2.24, 2.45) is 5.92 Å². The van der Waals surface area contributed by atoms with Crippen LogP contribution in [0.1, 0.15) is 59.1 Å². The zero-order valence-corrected chi connectivity index (χ0v) is 21.4. The van der Waals surface area contributed by atoms with Gasteiger partial charge in [0.2, 0.25) is 5.91 Å². The molecule has 0 radical (unpaired) electrons. The number of nitrogens with one attached hydrogen (secondary N) is 1. The Hall–Kier alpha value is -2.52. The van der Waals surface area contributed by atoms with Crippen molar-refractivity contribution in [1.29, 1.82) is 0 Å². The lowest BCUT2D eigenvalue weighted by atomic mass is 9.90. The molecular formula is C25H30N2O5S2. The second kappa shape index (κ2) is 12.3. The lowest BCUT2D eigenvalue weighted by molar-refractivity contribution is -0.144. The first-order valence-corrected chi connectivity index (χ1v) is 13.1. The Kier molecular flexibility index (Phi) is 9.41. The number of amides is 1. The fourth-order valence-electron chi connectivity index (χ4n) is 4.09. The number of carbonyl (C=O) groups is 4. The van der Waals surface area contributed by atoms with E-state index in [1.165, 1.54) is 37.1 Å². The predicted molar refractivity (Wildman–Crippen MR) is 132 cm³/mol. The number of methoxy groups -OCH3 is 1. The number of rotatable bonds is 11. The van der Waals surface area contributed by atoms with E-state index in [1.807, 2.05) is 25.1 Å². The Morgan fingerprint density at radius 1 is 1.21 bits per heavy atom. The first-order chi connectivity index (χ1) is 16.3. The first kappa shape index (κ1) is 26.1. The number of ketones is 2. The van der Waals surface area contributed by atoms with Crippen LogP contribution >= 0.6 is 23.1 Å². The van der Waals surface area contributed by atoms with Crippen LogP contribution in [0.2, 0.25) is 0 Å². The molecule has 182 valence electrons. The van der Waals surface area contributed by atoms with E-state index >= 15 is 0 Å². The van der Waals surface area contributed by atoms with Crippen LogP contribution < -0.4 is 5.32 Å².